The number of hydrogen-bond acceptors (Lipinski definition) is 16. The van der Waals surface area contributed by atoms with Crippen LogP contribution in [0.3, 0.4) is 0 Å². The number of halogens is 3. The molecular weight excluding hydrogens is 1150 g/mol. The summed E-state index contributed by atoms with van der Waals surface area (Å²) in [5.41, 5.74) is 4.04. The quantitative estimate of drug-likeness (QED) is 0.0780. The van der Waals surface area contributed by atoms with Crippen LogP contribution in [-0.2, 0) is 42.7 Å². The molecule has 4 aliphatic rings. The van der Waals surface area contributed by atoms with Gasteiger partial charge >= 0.3 is 12.1 Å². The molecule has 27 heteroatoms. The molecule has 2 aliphatic heterocycles. The van der Waals surface area contributed by atoms with Crippen LogP contribution in [-0.4, -0.2) is 202 Å². The SMILES string of the molecule is COc1cc(C)c(S(=O)(=O)N(Cc2cc(C(=O)N3CCN(CC(=O)Nc4cccnc4)CC3)co2)C2CC2)c(C)c1.COc1cc(C)c(S(=O)(=O)N(Cc2cc(C(=O)N3CCN(CCCN(C)C)CC3)co2)C2CC2)c(C)c1.O=C(O)C(F)(F)F. The van der Waals surface area contributed by atoms with Crippen LogP contribution >= 0.6 is 0 Å². The van der Waals surface area contributed by atoms with E-state index in [9.17, 15) is 44.4 Å². The molecule has 2 aromatic carbocycles. The number of alkyl halides is 3. The fourth-order valence-electron chi connectivity index (χ4n) is 10.2. The molecule has 2 N–H and O–H groups in total. The van der Waals surface area contributed by atoms with E-state index in [4.69, 9.17) is 28.2 Å². The number of piperazine rings is 2. The van der Waals surface area contributed by atoms with Crippen LogP contribution in [0.4, 0.5) is 18.9 Å². The fraction of sp³-hybridized carbons (Fsp3) is 0.500. The van der Waals surface area contributed by atoms with Crippen molar-refractivity contribution in [3.8, 4) is 11.5 Å². The van der Waals surface area contributed by atoms with E-state index in [1.54, 1.807) is 108 Å². The van der Waals surface area contributed by atoms with E-state index in [0.29, 0.717) is 106 Å². The lowest BCUT2D eigenvalue weighted by atomic mass is 10.1. The third-order valence-corrected chi connectivity index (χ3v) is 19.2. The van der Waals surface area contributed by atoms with Crippen LogP contribution in [0.2, 0.25) is 0 Å². The molecule has 2 saturated carbocycles. The van der Waals surface area contributed by atoms with Crippen molar-refractivity contribution in [3.05, 3.63) is 118 Å². The van der Waals surface area contributed by atoms with Gasteiger partial charge in [0.05, 0.1) is 66.7 Å². The van der Waals surface area contributed by atoms with Crippen molar-refractivity contribution in [1.82, 2.24) is 38.1 Å². The van der Waals surface area contributed by atoms with Crippen molar-refractivity contribution < 1.29 is 72.6 Å². The Morgan fingerprint density at radius 1 is 0.682 bits per heavy atom. The standard InChI is InChI=1S/C29H35N5O6S.C27H40N4O5S.C2HF3O2/c1-20-13-25(39-3)14-21(2)28(20)41(37,38)34(24-6-7-24)17-26-15-22(19-40-26)29(36)33-11-9-32(10-12-33)18-27(35)31-23-5-4-8-30-16-23;1-20-15-24(35-5)16-21(2)26(20)37(33,34)31(23-7-8-23)18-25-17-22(19-36-25)27(32)30-13-11-29(12-14-30)10-6-9-28(3)4;3-2(4,5)1(6)7/h4-5,8,13-16,19,24H,6-7,9-12,17-18H2,1-3H3,(H,31,35);15-17,19,23H,6-14,18H2,1-5H3;(H,6,7). The molecule has 5 aromatic rings. The van der Waals surface area contributed by atoms with Crippen molar-refractivity contribution >= 4 is 49.4 Å². The molecule has 0 radical (unpaired) electrons. The number of benzene rings is 2. The number of furan rings is 2. The summed E-state index contributed by atoms with van der Waals surface area (Å²) in [6.45, 7) is 14.7. The number of aryl methyl sites for hydroxylation is 4. The van der Waals surface area contributed by atoms with Gasteiger partial charge in [-0.3, -0.25) is 29.2 Å². The largest absolute Gasteiger partial charge is 0.497 e. The predicted molar refractivity (Wildman–Crippen MR) is 308 cm³/mol. The number of carbonyl (C=O) groups is 4. The average Bonchev–Trinajstić information content (AvgIpc) is 2.65. The van der Waals surface area contributed by atoms with Crippen LogP contribution in [0, 0.1) is 27.7 Å². The summed E-state index contributed by atoms with van der Waals surface area (Å²) < 4.78 is 112. The second-order valence-corrected chi connectivity index (χ2v) is 25.5. The van der Waals surface area contributed by atoms with Gasteiger partial charge in [0.1, 0.15) is 35.5 Å². The van der Waals surface area contributed by atoms with E-state index in [1.807, 2.05) is 9.80 Å². The Labute approximate surface area is 494 Å². The maximum atomic E-state index is 13.8. The van der Waals surface area contributed by atoms with Crippen molar-refractivity contribution in [1.29, 1.82) is 0 Å². The van der Waals surface area contributed by atoms with Crippen molar-refractivity contribution in [2.24, 2.45) is 0 Å². The lowest BCUT2D eigenvalue weighted by Crippen LogP contribution is -2.50. The highest BCUT2D eigenvalue weighted by Crippen LogP contribution is 2.39. The summed E-state index contributed by atoms with van der Waals surface area (Å²) in [7, 11) is -0.285. The minimum Gasteiger partial charge on any atom is -0.497 e. The Hall–Kier alpha value is -6.88. The molecule has 85 heavy (non-hydrogen) atoms. The highest BCUT2D eigenvalue weighted by atomic mass is 32.2. The number of anilines is 1. The molecule has 22 nitrogen and oxygen atoms in total. The first-order chi connectivity index (χ1) is 40.2. The third-order valence-electron chi connectivity index (χ3n) is 14.8. The summed E-state index contributed by atoms with van der Waals surface area (Å²) in [4.78, 5) is 62.3. The number of hydrogen-bond donors (Lipinski definition) is 2. The van der Waals surface area contributed by atoms with E-state index >= 15 is 0 Å². The van der Waals surface area contributed by atoms with Crippen LogP contribution in [0.25, 0.3) is 0 Å². The maximum Gasteiger partial charge on any atom is 0.490 e. The number of carbonyl (C=O) groups excluding carboxylic acids is 3. The first kappa shape index (κ1) is 65.7. The van der Waals surface area contributed by atoms with Gasteiger partial charge in [0.15, 0.2) is 0 Å². The van der Waals surface area contributed by atoms with Gasteiger partial charge in [0.25, 0.3) is 11.8 Å². The number of pyridine rings is 1. The molecule has 3 amide bonds. The van der Waals surface area contributed by atoms with Gasteiger partial charge in [-0.25, -0.2) is 21.6 Å². The molecule has 0 bridgehead atoms. The van der Waals surface area contributed by atoms with Crippen molar-refractivity contribution in [3.63, 3.8) is 0 Å². The molecule has 0 spiro atoms. The van der Waals surface area contributed by atoms with Gasteiger partial charge in [-0.15, -0.1) is 0 Å². The monoisotopic (exact) mass is 1230 g/mol. The summed E-state index contributed by atoms with van der Waals surface area (Å²) in [5, 5.41) is 9.95. The molecule has 0 atom stereocenters. The Balaban J connectivity index is 0.000000220. The Morgan fingerprint density at radius 3 is 1.45 bits per heavy atom. The minimum absolute atomic E-state index is 0.0466. The molecular formula is C58H76F3N9O13S2. The second kappa shape index (κ2) is 28.5. The summed E-state index contributed by atoms with van der Waals surface area (Å²) in [5.74, 6) is -0.994. The maximum absolute atomic E-state index is 13.8. The molecule has 9 rings (SSSR count). The Bertz CT molecular complexity index is 3310. The van der Waals surface area contributed by atoms with Gasteiger partial charge in [-0.2, -0.15) is 21.8 Å². The minimum atomic E-state index is -5.08. The number of sulfonamides is 2. The van der Waals surface area contributed by atoms with Crippen LogP contribution in [0.1, 0.15) is 86.6 Å². The van der Waals surface area contributed by atoms with Gasteiger partial charge < -0.3 is 43.4 Å². The number of rotatable bonds is 21. The Morgan fingerprint density at radius 2 is 1.09 bits per heavy atom. The van der Waals surface area contributed by atoms with E-state index in [0.717, 1.165) is 58.3 Å². The summed E-state index contributed by atoms with van der Waals surface area (Å²) in [6.07, 6.45) is 5.32. The number of carboxylic acids is 1. The lowest BCUT2D eigenvalue weighted by Gasteiger charge is -2.34. The van der Waals surface area contributed by atoms with E-state index in [-0.39, 0.29) is 54.3 Å². The van der Waals surface area contributed by atoms with Gasteiger partial charge in [-0.1, -0.05) is 0 Å². The highest BCUT2D eigenvalue weighted by molar-refractivity contribution is 7.89. The van der Waals surface area contributed by atoms with E-state index in [2.05, 4.69) is 34.2 Å². The number of nitrogens with one attached hydrogen (secondary N) is 1. The smallest absolute Gasteiger partial charge is 0.490 e. The molecule has 2 aliphatic carbocycles. The fourth-order valence-corrected chi connectivity index (χ4v) is 14.3. The van der Waals surface area contributed by atoms with Crippen LogP contribution < -0.4 is 14.8 Å². The van der Waals surface area contributed by atoms with E-state index < -0.39 is 32.2 Å². The number of aliphatic carboxylic acids is 1. The van der Waals surface area contributed by atoms with E-state index in [1.165, 1.54) is 21.1 Å². The molecule has 3 aromatic heterocycles. The zero-order chi connectivity index (χ0) is 62.0. The average molecular weight is 1230 g/mol. The number of amides is 3. The highest BCUT2D eigenvalue weighted by Gasteiger charge is 2.42. The molecule has 4 fully saturated rings. The topological polar surface area (TPSA) is 249 Å². The number of aromatic nitrogens is 1. The summed E-state index contributed by atoms with van der Waals surface area (Å²) in [6, 6.07) is 13.6. The zero-order valence-corrected chi connectivity index (χ0v) is 50.8. The number of ether oxygens (including phenoxy) is 2. The van der Waals surface area contributed by atoms with Gasteiger partial charge in [-0.05, 0) is 158 Å². The zero-order valence-electron chi connectivity index (χ0n) is 49.2. The molecule has 464 valence electrons. The number of methoxy groups -OCH3 is 2. The molecule has 2 saturated heterocycles. The molecule has 0 unspecified atom stereocenters. The lowest BCUT2D eigenvalue weighted by molar-refractivity contribution is -0.192. The predicted octanol–water partition coefficient (Wildman–Crippen LogP) is 6.65. The second-order valence-electron chi connectivity index (χ2n) is 21.8. The third kappa shape index (κ3) is 17.6. The first-order valence-corrected chi connectivity index (χ1v) is 30.7. The van der Waals surface area contributed by atoms with Gasteiger partial charge in [0, 0.05) is 70.6 Å². The normalized spacial score (nSPS) is 16.2. The van der Waals surface area contributed by atoms with Crippen molar-refractivity contribution in [2.45, 2.75) is 101 Å². The molecule has 5 heterocycles. The summed E-state index contributed by atoms with van der Waals surface area (Å²) >= 11 is 0. The first-order valence-electron chi connectivity index (χ1n) is 27.9. The van der Waals surface area contributed by atoms with Gasteiger partial charge in [0.2, 0.25) is 26.0 Å². The Kier molecular flexibility index (Phi) is 22.0. The van der Waals surface area contributed by atoms with Crippen molar-refractivity contribution in [2.75, 3.05) is 106 Å². The number of nitrogens with zero attached hydrogens (tertiary/aromatic N) is 8. The number of carboxylic acid groups (broad SMARTS) is 1. The van der Waals surface area contributed by atoms with Crippen LogP contribution in [0.15, 0.2) is 92.1 Å². The van der Waals surface area contributed by atoms with Crippen LogP contribution in [0.5, 0.6) is 11.5 Å².